The van der Waals surface area contributed by atoms with E-state index >= 15 is 0 Å². The molecule has 0 atom stereocenters. The molecule has 1 aromatic rings. The van der Waals surface area contributed by atoms with Gasteiger partial charge in [0.2, 0.25) is 5.91 Å². The molecule has 0 unspecified atom stereocenters. The molecule has 3 nitrogen and oxygen atoms in total. The molecule has 0 radical (unpaired) electrons. The largest absolute Gasteiger partial charge is 0.416 e. The molecule has 1 aromatic carbocycles. The van der Waals surface area contributed by atoms with E-state index < -0.39 is 11.7 Å². The number of allylic oxidation sites excluding steroid dienone is 4. The van der Waals surface area contributed by atoms with E-state index in [0.29, 0.717) is 5.69 Å². The van der Waals surface area contributed by atoms with E-state index in [0.717, 1.165) is 31.5 Å². The van der Waals surface area contributed by atoms with Crippen molar-refractivity contribution >= 4 is 18.3 Å². The summed E-state index contributed by atoms with van der Waals surface area (Å²) in [7, 11) is 0. The van der Waals surface area contributed by atoms with Crippen molar-refractivity contribution in [3.05, 3.63) is 65.3 Å². The van der Waals surface area contributed by atoms with Gasteiger partial charge in [-0.2, -0.15) is 13.2 Å². The zero-order valence-electron chi connectivity index (χ0n) is 16.9. The Kier molecular flexibility index (Phi) is 12.3. The van der Waals surface area contributed by atoms with E-state index in [2.05, 4.69) is 49.9 Å². The summed E-state index contributed by atoms with van der Waals surface area (Å²) >= 11 is 0. The standard InChI is InChI=1S/C11H10F3NO.C11H19N/c1-2-3-10(16)15-9-6-4-8(5-7-9)11(12,13)14;1-5-6-7-8-11(9-12-4)10(2)3/h2-7H,1H3,(H,15,16);6-7H,4-5,8-9H2,1-3H3/b3-2+;7-6-. The number of carbonyl (C=O) groups is 1. The van der Waals surface area contributed by atoms with Crippen LogP contribution in [-0.2, 0) is 11.0 Å². The fourth-order valence-electron chi connectivity index (χ4n) is 2.03. The minimum Gasteiger partial charge on any atom is -0.323 e. The molecule has 1 N–H and O–H groups in total. The normalized spacial score (nSPS) is 11.1. The van der Waals surface area contributed by atoms with E-state index in [1.54, 1.807) is 13.0 Å². The molecular weight excluding hydrogens is 365 g/mol. The molecule has 0 bridgehead atoms. The highest BCUT2D eigenvalue weighted by atomic mass is 19.4. The Morgan fingerprint density at radius 2 is 1.79 bits per heavy atom. The van der Waals surface area contributed by atoms with Crippen LogP contribution < -0.4 is 5.32 Å². The molecule has 6 heteroatoms. The topological polar surface area (TPSA) is 41.5 Å². The fourth-order valence-corrected chi connectivity index (χ4v) is 2.03. The minimum absolute atomic E-state index is 0.330. The van der Waals surface area contributed by atoms with Gasteiger partial charge in [0.15, 0.2) is 0 Å². The molecule has 0 aliphatic rings. The van der Waals surface area contributed by atoms with Gasteiger partial charge in [-0.1, -0.05) is 30.7 Å². The highest BCUT2D eigenvalue weighted by molar-refractivity contribution is 5.99. The Morgan fingerprint density at radius 3 is 2.21 bits per heavy atom. The van der Waals surface area contributed by atoms with Gasteiger partial charge in [-0.3, -0.25) is 9.79 Å². The number of rotatable bonds is 7. The third-order valence-electron chi connectivity index (χ3n) is 3.57. The minimum atomic E-state index is -4.36. The first-order valence-corrected chi connectivity index (χ1v) is 8.99. The maximum Gasteiger partial charge on any atom is 0.416 e. The summed E-state index contributed by atoms with van der Waals surface area (Å²) in [6.07, 6.45) is 5.00. The zero-order chi connectivity index (χ0) is 21.6. The van der Waals surface area contributed by atoms with Crippen LogP contribution in [0.1, 0.15) is 46.1 Å². The molecule has 28 heavy (non-hydrogen) atoms. The third kappa shape index (κ3) is 11.2. The average Bonchev–Trinajstić information content (AvgIpc) is 2.61. The van der Waals surface area contributed by atoms with E-state index in [1.807, 2.05) is 0 Å². The molecule has 0 saturated carbocycles. The van der Waals surface area contributed by atoms with E-state index in [4.69, 9.17) is 0 Å². The lowest BCUT2D eigenvalue weighted by molar-refractivity contribution is -0.137. The van der Waals surface area contributed by atoms with Gasteiger partial charge in [-0.05, 0) is 76.2 Å². The molecule has 154 valence electrons. The molecule has 0 saturated heterocycles. The number of amides is 1. The highest BCUT2D eigenvalue weighted by Crippen LogP contribution is 2.29. The molecule has 1 rings (SSSR count). The van der Waals surface area contributed by atoms with Gasteiger partial charge in [0.05, 0.1) is 12.1 Å². The van der Waals surface area contributed by atoms with Crippen LogP contribution in [0, 0.1) is 0 Å². The van der Waals surface area contributed by atoms with Gasteiger partial charge in [-0.15, -0.1) is 0 Å². The van der Waals surface area contributed by atoms with Gasteiger partial charge in [-0.25, -0.2) is 0 Å². The van der Waals surface area contributed by atoms with E-state index in [1.165, 1.54) is 29.4 Å². The van der Waals surface area contributed by atoms with Crippen LogP contribution in [-0.4, -0.2) is 19.2 Å². The average molecular weight is 394 g/mol. The van der Waals surface area contributed by atoms with E-state index in [9.17, 15) is 18.0 Å². The van der Waals surface area contributed by atoms with Crippen LogP contribution in [0.5, 0.6) is 0 Å². The maximum absolute atomic E-state index is 12.2. The number of halogens is 3. The molecule has 1 amide bonds. The van der Waals surface area contributed by atoms with Crippen molar-refractivity contribution in [1.29, 1.82) is 0 Å². The van der Waals surface area contributed by atoms with Gasteiger partial charge >= 0.3 is 6.18 Å². The smallest absolute Gasteiger partial charge is 0.323 e. The molecular formula is C22H29F3N2O. The Balaban J connectivity index is 0.000000546. The molecule has 0 aliphatic heterocycles. The SMILES string of the molecule is C/C=C/C(=O)Nc1ccc(C(F)(F)F)cc1.C=NCC(C/C=C\CC)=C(C)C. The summed E-state index contributed by atoms with van der Waals surface area (Å²) in [6, 6.07) is 4.27. The maximum atomic E-state index is 12.2. The zero-order valence-corrected chi connectivity index (χ0v) is 16.9. The number of carbonyl (C=O) groups excluding carboxylic acids is 1. The summed E-state index contributed by atoms with van der Waals surface area (Å²) < 4.78 is 36.6. The Labute approximate surface area is 165 Å². The van der Waals surface area contributed by atoms with Crippen LogP contribution in [0.4, 0.5) is 18.9 Å². The lowest BCUT2D eigenvalue weighted by Gasteiger charge is -2.07. The summed E-state index contributed by atoms with van der Waals surface area (Å²) in [5.41, 5.74) is 2.34. The second-order valence-electron chi connectivity index (χ2n) is 6.13. The summed E-state index contributed by atoms with van der Waals surface area (Å²) in [6.45, 7) is 12.3. The van der Waals surface area contributed by atoms with Gasteiger partial charge < -0.3 is 5.32 Å². The monoisotopic (exact) mass is 394 g/mol. The Morgan fingerprint density at radius 1 is 1.18 bits per heavy atom. The lowest BCUT2D eigenvalue weighted by atomic mass is 10.1. The van der Waals surface area contributed by atoms with Crippen molar-refractivity contribution in [2.45, 2.75) is 46.7 Å². The second kappa shape index (κ2) is 13.5. The second-order valence-corrected chi connectivity index (χ2v) is 6.13. The first-order chi connectivity index (χ1) is 13.1. The highest BCUT2D eigenvalue weighted by Gasteiger charge is 2.29. The van der Waals surface area contributed by atoms with Crippen LogP contribution >= 0.6 is 0 Å². The number of alkyl halides is 3. The van der Waals surface area contributed by atoms with Crippen molar-refractivity contribution in [2.24, 2.45) is 4.99 Å². The fraction of sp³-hybridized carbons (Fsp3) is 0.364. The lowest BCUT2D eigenvalue weighted by Crippen LogP contribution is -2.09. The Bertz CT molecular complexity index is 695. The van der Waals surface area contributed by atoms with E-state index in [-0.39, 0.29) is 5.91 Å². The van der Waals surface area contributed by atoms with Crippen LogP contribution in [0.2, 0.25) is 0 Å². The summed E-state index contributed by atoms with van der Waals surface area (Å²) in [5.74, 6) is -0.373. The predicted octanol–water partition coefficient (Wildman–Crippen LogP) is 6.60. The van der Waals surface area contributed by atoms with Crippen LogP contribution in [0.3, 0.4) is 0 Å². The van der Waals surface area contributed by atoms with Gasteiger partial charge in [0, 0.05) is 5.69 Å². The molecule has 0 spiro atoms. The Hall–Kier alpha value is -2.63. The molecule has 0 aromatic heterocycles. The number of hydrogen-bond donors (Lipinski definition) is 1. The molecule has 0 aliphatic carbocycles. The van der Waals surface area contributed by atoms with Gasteiger partial charge in [0.25, 0.3) is 0 Å². The third-order valence-corrected chi connectivity index (χ3v) is 3.57. The summed E-state index contributed by atoms with van der Waals surface area (Å²) in [5, 5.41) is 2.43. The first-order valence-electron chi connectivity index (χ1n) is 8.99. The number of nitrogens with zero attached hydrogens (tertiary/aromatic N) is 1. The van der Waals surface area contributed by atoms with Crippen molar-refractivity contribution in [2.75, 3.05) is 11.9 Å². The molecule has 0 heterocycles. The quantitative estimate of drug-likeness (QED) is 0.316. The summed E-state index contributed by atoms with van der Waals surface area (Å²) in [4.78, 5) is 15.0. The van der Waals surface area contributed by atoms with Crippen LogP contribution in [0.15, 0.2) is 64.7 Å². The van der Waals surface area contributed by atoms with Crippen molar-refractivity contribution in [3.8, 4) is 0 Å². The number of nitrogens with one attached hydrogen (secondary N) is 1. The number of anilines is 1. The van der Waals surface area contributed by atoms with Crippen molar-refractivity contribution in [1.82, 2.24) is 0 Å². The van der Waals surface area contributed by atoms with Crippen molar-refractivity contribution in [3.63, 3.8) is 0 Å². The first kappa shape index (κ1) is 25.4. The predicted molar refractivity (Wildman–Crippen MR) is 112 cm³/mol. The van der Waals surface area contributed by atoms with Crippen LogP contribution in [0.25, 0.3) is 0 Å². The van der Waals surface area contributed by atoms with Crippen molar-refractivity contribution < 1.29 is 18.0 Å². The number of aliphatic imine (C=N–C) groups is 1. The molecule has 0 fully saturated rings. The number of benzene rings is 1. The van der Waals surface area contributed by atoms with Gasteiger partial charge in [0.1, 0.15) is 0 Å². The number of hydrogen-bond acceptors (Lipinski definition) is 2.